The molecule has 3 atom stereocenters. The Bertz CT molecular complexity index is 783. The molecule has 1 rings (SSSR count). The molecule has 0 aliphatic rings. The summed E-state index contributed by atoms with van der Waals surface area (Å²) in [6.07, 6.45) is 0.450. The number of aliphatic carboxylic acids is 1. The summed E-state index contributed by atoms with van der Waals surface area (Å²) in [5.74, 6) is -3.29. The van der Waals surface area contributed by atoms with Gasteiger partial charge in [0.1, 0.15) is 11.6 Å². The Morgan fingerprint density at radius 3 is 2.09 bits per heavy atom. The highest BCUT2D eigenvalue weighted by Crippen LogP contribution is 2.27. The zero-order valence-electron chi connectivity index (χ0n) is 19.2. The summed E-state index contributed by atoms with van der Waals surface area (Å²) in [5.41, 5.74) is 0.848. The molecule has 0 bridgehead atoms. The van der Waals surface area contributed by atoms with E-state index in [4.69, 9.17) is 5.21 Å². The maximum absolute atomic E-state index is 13.6. The van der Waals surface area contributed by atoms with Gasteiger partial charge >= 0.3 is 5.97 Å². The smallest absolute Gasteiger partial charge is 0.326 e. The quantitative estimate of drug-likeness (QED) is 0.230. The second-order valence-electron chi connectivity index (χ2n) is 8.52. The van der Waals surface area contributed by atoms with Crippen molar-refractivity contribution in [2.45, 2.75) is 71.4 Å². The summed E-state index contributed by atoms with van der Waals surface area (Å²) < 4.78 is 0. The van der Waals surface area contributed by atoms with Crippen molar-refractivity contribution in [2.24, 2.45) is 11.8 Å². The summed E-state index contributed by atoms with van der Waals surface area (Å²) in [4.78, 5) is 49.4. The summed E-state index contributed by atoms with van der Waals surface area (Å²) in [5, 5.41) is 23.7. The third-order valence-electron chi connectivity index (χ3n) is 5.56. The van der Waals surface area contributed by atoms with Gasteiger partial charge in [0.25, 0.3) is 0 Å². The molecule has 9 nitrogen and oxygen atoms in total. The number of carboxylic acids is 1. The molecule has 0 aliphatic carbocycles. The molecule has 9 heteroatoms. The second kappa shape index (κ2) is 12.8. The maximum atomic E-state index is 13.6. The molecule has 0 saturated heterocycles. The van der Waals surface area contributed by atoms with Crippen molar-refractivity contribution < 1.29 is 29.5 Å². The average Bonchev–Trinajstić information content (AvgIpc) is 2.75. The first-order chi connectivity index (χ1) is 15.0. The lowest BCUT2D eigenvalue weighted by molar-refractivity contribution is -0.145. The highest BCUT2D eigenvalue weighted by molar-refractivity contribution is 5.95. The number of hydrogen-bond acceptors (Lipinski definition) is 5. The molecule has 2 unspecified atom stereocenters. The van der Waals surface area contributed by atoms with Crippen LogP contribution in [0.4, 0.5) is 0 Å². The van der Waals surface area contributed by atoms with Gasteiger partial charge in [-0.1, -0.05) is 64.4 Å². The molecule has 0 saturated carbocycles. The molecule has 0 aliphatic heterocycles. The molecule has 5 N–H and O–H groups in total. The second-order valence-corrected chi connectivity index (χ2v) is 8.52. The summed E-state index contributed by atoms with van der Waals surface area (Å²) in [7, 11) is 0. The van der Waals surface area contributed by atoms with Crippen molar-refractivity contribution in [1.29, 1.82) is 0 Å². The Balaban J connectivity index is 3.33. The van der Waals surface area contributed by atoms with Crippen LogP contribution in [0.1, 0.15) is 58.9 Å². The fourth-order valence-corrected chi connectivity index (χ4v) is 3.54. The molecule has 32 heavy (non-hydrogen) atoms. The van der Waals surface area contributed by atoms with Crippen LogP contribution in [0.2, 0.25) is 0 Å². The Morgan fingerprint density at radius 1 is 1.00 bits per heavy atom. The third-order valence-corrected chi connectivity index (χ3v) is 5.56. The van der Waals surface area contributed by atoms with E-state index in [9.17, 15) is 24.3 Å². The normalized spacial score (nSPS) is 14.7. The lowest BCUT2D eigenvalue weighted by Crippen LogP contribution is -2.65. The number of carbonyl (C=O) groups excluding carboxylic acids is 3. The van der Waals surface area contributed by atoms with Crippen molar-refractivity contribution in [3.63, 3.8) is 0 Å². The van der Waals surface area contributed by atoms with Gasteiger partial charge in [-0.2, -0.15) is 0 Å². The van der Waals surface area contributed by atoms with Gasteiger partial charge in [-0.15, -0.1) is 0 Å². The minimum atomic E-state index is -1.42. The Morgan fingerprint density at radius 2 is 1.59 bits per heavy atom. The predicted molar refractivity (Wildman–Crippen MR) is 119 cm³/mol. The van der Waals surface area contributed by atoms with E-state index < -0.39 is 35.3 Å². The lowest BCUT2D eigenvalue weighted by Gasteiger charge is -2.39. The van der Waals surface area contributed by atoms with Gasteiger partial charge in [0.15, 0.2) is 0 Å². The highest BCUT2D eigenvalue weighted by Gasteiger charge is 2.45. The monoisotopic (exact) mass is 449 g/mol. The van der Waals surface area contributed by atoms with Crippen LogP contribution in [0.25, 0.3) is 0 Å². The molecule has 0 radical (unpaired) electrons. The minimum Gasteiger partial charge on any atom is -0.480 e. The average molecular weight is 450 g/mol. The summed E-state index contributed by atoms with van der Waals surface area (Å²) in [6, 6.07) is 8.04. The van der Waals surface area contributed by atoms with Crippen molar-refractivity contribution >= 4 is 23.7 Å². The van der Waals surface area contributed by atoms with Crippen molar-refractivity contribution in [1.82, 2.24) is 16.1 Å². The first kappa shape index (κ1) is 27.1. The molecule has 0 heterocycles. The number of rotatable bonds is 13. The van der Waals surface area contributed by atoms with Gasteiger partial charge < -0.3 is 15.7 Å². The summed E-state index contributed by atoms with van der Waals surface area (Å²) in [6.45, 7) is 7.43. The highest BCUT2D eigenvalue weighted by atomic mass is 16.5. The van der Waals surface area contributed by atoms with Crippen LogP contribution in [0.5, 0.6) is 0 Å². The summed E-state index contributed by atoms with van der Waals surface area (Å²) >= 11 is 0. The van der Waals surface area contributed by atoms with Crippen LogP contribution in [0, 0.1) is 11.8 Å². The predicted octanol–water partition coefficient (Wildman–Crippen LogP) is 2.03. The molecule has 3 amide bonds. The fourth-order valence-electron chi connectivity index (χ4n) is 3.54. The molecule has 1 aromatic carbocycles. The first-order valence-corrected chi connectivity index (χ1v) is 10.9. The molecule has 0 aromatic heterocycles. The standard InChI is InChI=1S/C23H35N3O6/c1-5-16(4)23(14-17-9-7-6-8-10-17,25-19(27)11-12-20(28)26-32)22(31)24-18(21(29)30)13-15(2)3/h6-10,15-16,18,32H,5,11-14H2,1-4H3,(H,24,31)(H,25,27)(H,26,28)(H,29,30)/t16?,18?,23-/m1/s1. The number of hydroxylamine groups is 1. The van der Waals surface area contributed by atoms with E-state index in [1.54, 1.807) is 0 Å². The van der Waals surface area contributed by atoms with Crippen LogP contribution in [0.15, 0.2) is 30.3 Å². The van der Waals surface area contributed by atoms with E-state index in [0.717, 1.165) is 5.56 Å². The van der Waals surface area contributed by atoms with E-state index in [1.807, 2.05) is 58.0 Å². The van der Waals surface area contributed by atoms with Crippen LogP contribution < -0.4 is 16.1 Å². The van der Waals surface area contributed by atoms with Crippen molar-refractivity contribution in [2.75, 3.05) is 0 Å². The molecule has 1 aromatic rings. The molecular formula is C23H35N3O6. The van der Waals surface area contributed by atoms with Gasteiger partial charge in [-0.3, -0.25) is 19.6 Å². The number of hydrogen-bond donors (Lipinski definition) is 5. The van der Waals surface area contributed by atoms with Gasteiger partial charge in [-0.05, 0) is 23.8 Å². The van der Waals surface area contributed by atoms with Crippen molar-refractivity contribution in [3.05, 3.63) is 35.9 Å². The minimum absolute atomic E-state index is 0.0371. The fraction of sp³-hybridized carbons (Fsp3) is 0.565. The number of carbonyl (C=O) groups is 4. The van der Waals surface area contributed by atoms with Gasteiger partial charge in [0.2, 0.25) is 17.7 Å². The van der Waals surface area contributed by atoms with E-state index in [1.165, 1.54) is 5.48 Å². The largest absolute Gasteiger partial charge is 0.480 e. The number of benzene rings is 1. The van der Waals surface area contributed by atoms with E-state index >= 15 is 0 Å². The van der Waals surface area contributed by atoms with Gasteiger partial charge in [0.05, 0.1) is 0 Å². The third kappa shape index (κ3) is 7.96. The topological polar surface area (TPSA) is 145 Å². The lowest BCUT2D eigenvalue weighted by atomic mass is 9.77. The van der Waals surface area contributed by atoms with Crippen LogP contribution in [0.3, 0.4) is 0 Å². The molecule has 178 valence electrons. The Kier molecular flexibility index (Phi) is 10.8. The van der Waals surface area contributed by atoms with Crippen LogP contribution in [-0.2, 0) is 25.6 Å². The van der Waals surface area contributed by atoms with E-state index in [0.29, 0.717) is 6.42 Å². The van der Waals surface area contributed by atoms with Crippen molar-refractivity contribution in [3.8, 4) is 0 Å². The van der Waals surface area contributed by atoms with E-state index in [2.05, 4.69) is 10.6 Å². The molecule has 0 spiro atoms. The van der Waals surface area contributed by atoms with Gasteiger partial charge in [0, 0.05) is 19.3 Å². The van der Waals surface area contributed by atoms with Gasteiger partial charge in [-0.25, -0.2) is 10.3 Å². The Labute approximate surface area is 188 Å². The molecular weight excluding hydrogens is 414 g/mol. The SMILES string of the molecule is CCC(C)[C@@](Cc1ccccc1)(NC(=O)CCC(=O)NO)C(=O)NC(CC(C)C)C(=O)O. The number of amides is 3. The van der Waals surface area contributed by atoms with Crippen LogP contribution in [-0.4, -0.2) is 45.6 Å². The maximum Gasteiger partial charge on any atom is 0.326 e. The Hall–Kier alpha value is -2.94. The number of nitrogens with one attached hydrogen (secondary N) is 3. The molecule has 0 fully saturated rings. The zero-order chi connectivity index (χ0) is 24.3. The number of carboxylic acid groups (broad SMARTS) is 1. The van der Waals surface area contributed by atoms with E-state index in [-0.39, 0.29) is 37.5 Å². The first-order valence-electron chi connectivity index (χ1n) is 10.9. The van der Waals surface area contributed by atoms with Crippen LogP contribution >= 0.6 is 0 Å². The zero-order valence-corrected chi connectivity index (χ0v) is 19.2.